The molecule has 1 amide bonds. The average molecular weight is 601 g/mol. The number of benzene rings is 3. The summed E-state index contributed by atoms with van der Waals surface area (Å²) in [4.78, 5) is 20.0. The molecule has 0 radical (unpaired) electrons. The number of para-hydroxylation sites is 2. The van der Waals surface area contributed by atoms with E-state index in [2.05, 4.69) is 43.1 Å². The SMILES string of the molecule is Cc1cc(C)c(C(=O)N2CCN(c3ccccc3S(N)(=O)=O)CC2)cc1NC1CCN(c2ccccc2C#N)CC1(C)C. The average Bonchev–Trinajstić information content (AvgIpc) is 2.98. The van der Waals surface area contributed by atoms with Crippen LogP contribution in [-0.2, 0) is 10.0 Å². The Balaban J connectivity index is 1.29. The van der Waals surface area contributed by atoms with Crippen LogP contribution in [0.1, 0.15) is 47.3 Å². The van der Waals surface area contributed by atoms with E-state index in [1.165, 1.54) is 6.07 Å². The molecule has 3 aromatic carbocycles. The Morgan fingerprint density at radius 3 is 2.23 bits per heavy atom. The Labute approximate surface area is 254 Å². The Hall–Kier alpha value is -4.07. The fraction of sp³-hybridized carbons (Fsp3) is 0.394. The molecule has 3 aromatic rings. The summed E-state index contributed by atoms with van der Waals surface area (Å²) < 4.78 is 24.2. The van der Waals surface area contributed by atoms with Gasteiger partial charge in [0.1, 0.15) is 11.0 Å². The van der Waals surface area contributed by atoms with Gasteiger partial charge in [-0.25, -0.2) is 13.6 Å². The van der Waals surface area contributed by atoms with Crippen LogP contribution in [0.3, 0.4) is 0 Å². The van der Waals surface area contributed by atoms with Crippen LogP contribution < -0.4 is 20.3 Å². The summed E-state index contributed by atoms with van der Waals surface area (Å²) in [5.41, 5.74) is 5.79. The number of hydrogen-bond donors (Lipinski definition) is 2. The standard InChI is InChI=1S/C33H40N6O3S/c1-23-19-24(2)27(36-31-13-14-39(22-33(31,3)4)28-10-6-5-9-25(28)21-34)20-26(23)32(40)38-17-15-37(16-18-38)29-11-7-8-12-30(29)43(35,41)42/h5-12,19-20,31,36H,13-18,22H2,1-4H3,(H2,35,41,42). The van der Waals surface area contributed by atoms with Crippen LogP contribution in [0.15, 0.2) is 65.6 Å². The first-order chi connectivity index (χ1) is 20.4. The van der Waals surface area contributed by atoms with Gasteiger partial charge in [-0.15, -0.1) is 0 Å². The van der Waals surface area contributed by atoms with Crippen molar-refractivity contribution < 1.29 is 13.2 Å². The first-order valence-corrected chi connectivity index (χ1v) is 16.2. The number of amides is 1. The molecule has 2 saturated heterocycles. The van der Waals surface area contributed by atoms with E-state index in [1.54, 1.807) is 18.2 Å². The number of primary sulfonamides is 1. The van der Waals surface area contributed by atoms with Crippen LogP contribution >= 0.6 is 0 Å². The second-order valence-corrected chi connectivity index (χ2v) is 13.8. The minimum atomic E-state index is -3.86. The number of carbonyl (C=O) groups is 1. The fourth-order valence-corrected chi connectivity index (χ4v) is 7.14. The highest BCUT2D eigenvalue weighted by atomic mass is 32.2. The summed E-state index contributed by atoms with van der Waals surface area (Å²) in [6.07, 6.45) is 0.894. The number of piperidine rings is 1. The molecule has 43 heavy (non-hydrogen) atoms. The van der Waals surface area contributed by atoms with Crippen molar-refractivity contribution in [3.05, 3.63) is 82.9 Å². The van der Waals surface area contributed by atoms with E-state index in [0.29, 0.717) is 43.0 Å². The lowest BCUT2D eigenvalue weighted by atomic mass is 9.78. The monoisotopic (exact) mass is 600 g/mol. The lowest BCUT2D eigenvalue weighted by Crippen LogP contribution is -2.52. The van der Waals surface area contributed by atoms with Gasteiger partial charge in [0.05, 0.1) is 16.9 Å². The van der Waals surface area contributed by atoms with Gasteiger partial charge in [-0.1, -0.05) is 44.2 Å². The lowest BCUT2D eigenvalue weighted by Gasteiger charge is -2.46. The van der Waals surface area contributed by atoms with Gasteiger partial charge in [0.25, 0.3) is 5.91 Å². The fourth-order valence-electron chi connectivity index (χ4n) is 6.38. The number of nitrogens with one attached hydrogen (secondary N) is 1. The van der Waals surface area contributed by atoms with Gasteiger partial charge in [-0.2, -0.15) is 5.26 Å². The highest BCUT2D eigenvalue weighted by Crippen LogP contribution is 2.36. The third-order valence-electron chi connectivity index (χ3n) is 8.81. The maximum atomic E-state index is 13.8. The summed E-state index contributed by atoms with van der Waals surface area (Å²) in [5, 5.41) is 18.8. The van der Waals surface area contributed by atoms with Gasteiger partial charge in [-0.3, -0.25) is 4.79 Å². The van der Waals surface area contributed by atoms with Crippen molar-refractivity contribution in [2.45, 2.75) is 45.1 Å². The molecule has 2 fully saturated rings. The van der Waals surface area contributed by atoms with Crippen molar-refractivity contribution >= 4 is 33.0 Å². The van der Waals surface area contributed by atoms with Crippen molar-refractivity contribution in [2.24, 2.45) is 10.6 Å². The van der Waals surface area contributed by atoms with Crippen molar-refractivity contribution in [1.82, 2.24) is 4.90 Å². The molecule has 0 aliphatic carbocycles. The molecular formula is C33H40N6O3S. The zero-order valence-corrected chi connectivity index (χ0v) is 26.1. The van der Waals surface area contributed by atoms with E-state index >= 15 is 0 Å². The van der Waals surface area contributed by atoms with E-state index < -0.39 is 10.0 Å². The van der Waals surface area contributed by atoms with Gasteiger partial charge in [0.2, 0.25) is 10.0 Å². The third kappa shape index (κ3) is 6.33. The molecular weight excluding hydrogens is 560 g/mol. The molecule has 0 spiro atoms. The van der Waals surface area contributed by atoms with Crippen molar-refractivity contribution in [3.63, 3.8) is 0 Å². The molecule has 226 valence electrons. The zero-order chi connectivity index (χ0) is 30.9. The molecule has 10 heteroatoms. The zero-order valence-electron chi connectivity index (χ0n) is 25.3. The number of carbonyl (C=O) groups excluding carboxylic acids is 1. The molecule has 1 atom stereocenters. The summed E-state index contributed by atoms with van der Waals surface area (Å²) >= 11 is 0. The maximum Gasteiger partial charge on any atom is 0.254 e. The van der Waals surface area contributed by atoms with Crippen LogP contribution in [0.25, 0.3) is 0 Å². The highest BCUT2D eigenvalue weighted by molar-refractivity contribution is 7.89. The second kappa shape index (κ2) is 11.9. The Kier molecular flexibility index (Phi) is 8.41. The summed E-state index contributed by atoms with van der Waals surface area (Å²) in [6.45, 7) is 12.1. The van der Waals surface area contributed by atoms with E-state index in [-0.39, 0.29) is 22.3 Å². The Morgan fingerprint density at radius 1 is 0.930 bits per heavy atom. The molecule has 9 nitrogen and oxygen atoms in total. The summed E-state index contributed by atoms with van der Waals surface area (Å²) in [5.74, 6) is -0.0258. The van der Waals surface area contributed by atoms with E-state index in [0.717, 1.165) is 42.0 Å². The normalized spacial score (nSPS) is 18.7. The minimum Gasteiger partial charge on any atom is -0.381 e. The van der Waals surface area contributed by atoms with E-state index in [4.69, 9.17) is 5.14 Å². The van der Waals surface area contributed by atoms with Crippen molar-refractivity contribution in [3.8, 4) is 6.07 Å². The number of nitriles is 1. The first kappa shape index (κ1) is 30.4. The number of piperazine rings is 1. The maximum absolute atomic E-state index is 13.8. The van der Waals surface area contributed by atoms with E-state index in [9.17, 15) is 18.5 Å². The number of rotatable bonds is 6. The molecule has 0 aromatic heterocycles. The smallest absolute Gasteiger partial charge is 0.254 e. The van der Waals surface area contributed by atoms with Crippen molar-refractivity contribution in [1.29, 1.82) is 5.26 Å². The van der Waals surface area contributed by atoms with Gasteiger partial charge in [0.15, 0.2) is 0 Å². The molecule has 2 aliphatic heterocycles. The second-order valence-electron chi connectivity index (χ2n) is 12.3. The number of nitrogens with two attached hydrogens (primary N) is 1. The van der Waals surface area contributed by atoms with Gasteiger partial charge >= 0.3 is 0 Å². The van der Waals surface area contributed by atoms with E-state index in [1.807, 2.05) is 47.1 Å². The first-order valence-electron chi connectivity index (χ1n) is 14.7. The minimum absolute atomic E-state index is 0.0258. The molecule has 1 unspecified atom stereocenters. The van der Waals surface area contributed by atoms with Crippen LogP contribution in [0, 0.1) is 30.6 Å². The summed E-state index contributed by atoms with van der Waals surface area (Å²) in [6, 6.07) is 21.0. The van der Waals surface area contributed by atoms with Crippen molar-refractivity contribution in [2.75, 3.05) is 54.4 Å². The number of anilines is 3. The highest BCUT2D eigenvalue weighted by Gasteiger charge is 2.37. The van der Waals surface area contributed by atoms with Crippen LogP contribution in [0.5, 0.6) is 0 Å². The molecule has 0 saturated carbocycles. The number of sulfonamides is 1. The Bertz CT molecular complexity index is 1670. The van der Waals surface area contributed by atoms with Gasteiger partial charge < -0.3 is 20.0 Å². The van der Waals surface area contributed by atoms with Crippen LogP contribution in [0.2, 0.25) is 0 Å². The molecule has 0 bridgehead atoms. The summed E-state index contributed by atoms with van der Waals surface area (Å²) in [7, 11) is -3.86. The Morgan fingerprint density at radius 2 is 1.58 bits per heavy atom. The van der Waals surface area contributed by atoms with Gasteiger partial charge in [-0.05, 0) is 61.7 Å². The predicted octanol–water partition coefficient (Wildman–Crippen LogP) is 4.50. The quantitative estimate of drug-likeness (QED) is 0.427. The third-order valence-corrected chi connectivity index (χ3v) is 9.76. The molecule has 2 heterocycles. The molecule has 3 N–H and O–H groups in total. The number of hydrogen-bond acceptors (Lipinski definition) is 7. The molecule has 5 rings (SSSR count). The molecule has 2 aliphatic rings. The number of aryl methyl sites for hydroxylation is 2. The van der Waals surface area contributed by atoms with Crippen LogP contribution in [-0.4, -0.2) is 64.5 Å². The largest absolute Gasteiger partial charge is 0.381 e. The van der Waals surface area contributed by atoms with Gasteiger partial charge in [0, 0.05) is 62.0 Å². The lowest BCUT2D eigenvalue weighted by molar-refractivity contribution is 0.0746. The predicted molar refractivity (Wildman–Crippen MR) is 171 cm³/mol. The number of nitrogens with zero attached hydrogens (tertiary/aromatic N) is 4. The topological polar surface area (TPSA) is 123 Å². The van der Waals surface area contributed by atoms with Crippen LogP contribution in [0.4, 0.5) is 17.1 Å².